The van der Waals surface area contributed by atoms with Gasteiger partial charge in [0.25, 0.3) is 0 Å². The van der Waals surface area contributed by atoms with Crippen LogP contribution in [0.25, 0.3) is 0 Å². The van der Waals surface area contributed by atoms with Crippen LogP contribution in [0, 0.1) is 5.92 Å². The van der Waals surface area contributed by atoms with Gasteiger partial charge in [0.15, 0.2) is 0 Å². The Bertz CT molecular complexity index is 458. The van der Waals surface area contributed by atoms with E-state index >= 15 is 0 Å². The number of rotatable bonds is 6. The predicted molar refractivity (Wildman–Crippen MR) is 95.1 cm³/mol. The first-order valence-electron chi connectivity index (χ1n) is 7.87. The van der Waals surface area contributed by atoms with Crippen LogP contribution >= 0.6 is 39.1 Å². The lowest BCUT2D eigenvalue weighted by Gasteiger charge is -2.23. The van der Waals surface area contributed by atoms with Crippen LogP contribution < -0.4 is 4.74 Å². The van der Waals surface area contributed by atoms with Gasteiger partial charge in [-0.25, -0.2) is 0 Å². The van der Waals surface area contributed by atoms with Crippen LogP contribution in [0.3, 0.4) is 0 Å². The second kappa shape index (κ2) is 8.64. The van der Waals surface area contributed by atoms with Gasteiger partial charge in [0.2, 0.25) is 0 Å². The van der Waals surface area contributed by atoms with Crippen molar-refractivity contribution >= 4 is 39.1 Å². The summed E-state index contributed by atoms with van der Waals surface area (Å²) in [4.78, 5) is 0.264. The predicted octanol–water partition coefficient (Wildman–Crippen LogP) is 7.19. The minimum absolute atomic E-state index is 0.264. The lowest BCUT2D eigenvalue weighted by Crippen LogP contribution is -2.07. The molecule has 1 aliphatic carbocycles. The van der Waals surface area contributed by atoms with Crippen molar-refractivity contribution in [1.29, 1.82) is 0 Å². The fraction of sp³-hybridized carbons (Fsp3) is 0.647. The normalized spacial score (nSPS) is 17.7. The summed E-state index contributed by atoms with van der Waals surface area (Å²) < 4.78 is 5.48. The van der Waals surface area contributed by atoms with Gasteiger partial charge in [0.05, 0.1) is 11.6 Å². The van der Waals surface area contributed by atoms with Gasteiger partial charge in [0, 0.05) is 15.9 Å². The van der Waals surface area contributed by atoms with Gasteiger partial charge in [-0.15, -0.1) is 0 Å². The van der Waals surface area contributed by atoms with Crippen molar-refractivity contribution in [3.63, 3.8) is 0 Å². The molecule has 0 bridgehead atoms. The first-order valence-corrected chi connectivity index (χ1v) is 9.54. The molecule has 4 heteroatoms. The fourth-order valence-electron chi connectivity index (χ4n) is 3.06. The highest BCUT2D eigenvalue weighted by Gasteiger charge is 2.19. The minimum Gasteiger partial charge on any atom is -0.492 e. The van der Waals surface area contributed by atoms with Crippen molar-refractivity contribution in [2.24, 2.45) is 5.92 Å². The standard InChI is InChI=1S/C17H23BrCl2O/c1-2-21-17-11-15(19)13(10-16(17)20)14(18)9-8-12-6-4-3-5-7-12/h10-12,14H,2-9H2,1H3. The minimum atomic E-state index is 0.264. The number of benzene rings is 1. The molecule has 1 fully saturated rings. The Hall–Kier alpha value is 0.0800. The van der Waals surface area contributed by atoms with Gasteiger partial charge < -0.3 is 4.74 Å². The SMILES string of the molecule is CCOc1cc(Cl)c(C(Br)CCC2CCCCC2)cc1Cl. The van der Waals surface area contributed by atoms with Crippen LogP contribution in [0.5, 0.6) is 5.75 Å². The number of ether oxygens (including phenoxy) is 1. The maximum Gasteiger partial charge on any atom is 0.139 e. The maximum atomic E-state index is 6.38. The van der Waals surface area contributed by atoms with Crippen LogP contribution in [-0.2, 0) is 0 Å². The van der Waals surface area contributed by atoms with E-state index in [2.05, 4.69) is 15.9 Å². The van der Waals surface area contributed by atoms with E-state index in [-0.39, 0.29) is 4.83 Å². The number of halogens is 3. The van der Waals surface area contributed by atoms with Crippen molar-refractivity contribution in [2.75, 3.05) is 6.61 Å². The Labute approximate surface area is 146 Å². The average Bonchev–Trinajstić information content (AvgIpc) is 2.49. The molecule has 1 aromatic rings. The van der Waals surface area contributed by atoms with E-state index < -0.39 is 0 Å². The van der Waals surface area contributed by atoms with E-state index in [1.165, 1.54) is 38.5 Å². The lowest BCUT2D eigenvalue weighted by molar-refractivity contribution is 0.332. The Kier molecular flexibility index (Phi) is 7.18. The molecular weight excluding hydrogens is 371 g/mol. The van der Waals surface area contributed by atoms with Gasteiger partial charge in [-0.05, 0) is 37.3 Å². The third-order valence-corrected chi connectivity index (χ3v) is 5.82. The Morgan fingerprint density at radius 2 is 1.90 bits per heavy atom. The summed E-state index contributed by atoms with van der Waals surface area (Å²) in [5.74, 6) is 1.55. The summed E-state index contributed by atoms with van der Waals surface area (Å²) in [7, 11) is 0. The van der Waals surface area contributed by atoms with Gasteiger partial charge in [-0.3, -0.25) is 0 Å². The van der Waals surface area contributed by atoms with E-state index in [0.29, 0.717) is 17.4 Å². The Morgan fingerprint density at radius 3 is 2.57 bits per heavy atom. The van der Waals surface area contributed by atoms with Gasteiger partial charge in [-0.2, -0.15) is 0 Å². The maximum absolute atomic E-state index is 6.38. The zero-order valence-corrected chi connectivity index (χ0v) is 15.6. The van der Waals surface area contributed by atoms with Crippen molar-refractivity contribution < 1.29 is 4.74 Å². The molecule has 0 aliphatic heterocycles. The van der Waals surface area contributed by atoms with E-state index in [9.17, 15) is 0 Å². The summed E-state index contributed by atoms with van der Waals surface area (Å²) in [6, 6.07) is 3.77. The largest absolute Gasteiger partial charge is 0.492 e. The first-order chi connectivity index (χ1) is 10.1. The van der Waals surface area contributed by atoms with E-state index in [1.807, 2.05) is 19.1 Å². The van der Waals surface area contributed by atoms with Crippen LogP contribution in [0.1, 0.15) is 62.3 Å². The third-order valence-electron chi connectivity index (χ3n) is 4.24. The topological polar surface area (TPSA) is 9.23 Å². The van der Waals surface area contributed by atoms with E-state index in [1.54, 1.807) is 0 Å². The molecule has 118 valence electrons. The highest BCUT2D eigenvalue weighted by Crippen LogP contribution is 2.40. The molecule has 1 aliphatic rings. The molecule has 1 atom stereocenters. The van der Waals surface area contributed by atoms with E-state index in [4.69, 9.17) is 27.9 Å². The number of alkyl halides is 1. The molecule has 1 saturated carbocycles. The molecule has 0 saturated heterocycles. The molecule has 0 radical (unpaired) electrons. The molecular formula is C17H23BrCl2O. The monoisotopic (exact) mass is 392 g/mol. The molecule has 0 heterocycles. The van der Waals surface area contributed by atoms with Crippen LogP contribution in [-0.4, -0.2) is 6.61 Å². The zero-order chi connectivity index (χ0) is 15.2. The molecule has 21 heavy (non-hydrogen) atoms. The molecule has 0 spiro atoms. The molecule has 1 aromatic carbocycles. The first kappa shape index (κ1) is 17.4. The molecule has 0 amide bonds. The van der Waals surface area contributed by atoms with Gasteiger partial charge in [0.1, 0.15) is 5.75 Å². The van der Waals surface area contributed by atoms with Crippen molar-refractivity contribution in [1.82, 2.24) is 0 Å². The Balaban J connectivity index is 1.97. The molecule has 1 unspecified atom stereocenters. The smallest absolute Gasteiger partial charge is 0.139 e. The zero-order valence-electron chi connectivity index (χ0n) is 12.5. The van der Waals surface area contributed by atoms with Gasteiger partial charge >= 0.3 is 0 Å². The number of hydrogen-bond acceptors (Lipinski definition) is 1. The van der Waals surface area contributed by atoms with Crippen LogP contribution in [0.2, 0.25) is 10.0 Å². The third kappa shape index (κ3) is 5.04. The molecule has 0 aromatic heterocycles. The Morgan fingerprint density at radius 1 is 1.19 bits per heavy atom. The summed E-state index contributed by atoms with van der Waals surface area (Å²) >= 11 is 16.4. The summed E-state index contributed by atoms with van der Waals surface area (Å²) in [5, 5.41) is 1.37. The van der Waals surface area contributed by atoms with E-state index in [0.717, 1.165) is 22.9 Å². The summed E-state index contributed by atoms with van der Waals surface area (Å²) in [6.45, 7) is 2.53. The molecule has 0 N–H and O–H groups in total. The highest BCUT2D eigenvalue weighted by molar-refractivity contribution is 9.09. The molecule has 2 rings (SSSR count). The lowest BCUT2D eigenvalue weighted by atomic mass is 9.85. The highest BCUT2D eigenvalue weighted by atomic mass is 79.9. The molecule has 1 nitrogen and oxygen atoms in total. The second-order valence-electron chi connectivity index (χ2n) is 5.79. The quantitative estimate of drug-likeness (QED) is 0.464. The van der Waals surface area contributed by atoms with Crippen LogP contribution in [0.4, 0.5) is 0 Å². The fourth-order valence-corrected chi connectivity index (χ4v) is 4.35. The van der Waals surface area contributed by atoms with Crippen molar-refractivity contribution in [3.05, 3.63) is 27.7 Å². The summed E-state index contributed by atoms with van der Waals surface area (Å²) in [6.07, 6.45) is 9.34. The van der Waals surface area contributed by atoms with Crippen molar-refractivity contribution in [2.45, 2.75) is 56.7 Å². The van der Waals surface area contributed by atoms with Crippen molar-refractivity contribution in [3.8, 4) is 5.75 Å². The van der Waals surface area contributed by atoms with Crippen LogP contribution in [0.15, 0.2) is 12.1 Å². The second-order valence-corrected chi connectivity index (χ2v) is 7.71. The summed E-state index contributed by atoms with van der Waals surface area (Å²) in [5.41, 5.74) is 1.07. The van der Waals surface area contributed by atoms with Gasteiger partial charge in [-0.1, -0.05) is 71.2 Å². The average molecular weight is 394 g/mol. The number of hydrogen-bond donors (Lipinski definition) is 0.